The van der Waals surface area contributed by atoms with Crippen LogP contribution in [0.2, 0.25) is 0 Å². The fourth-order valence-electron chi connectivity index (χ4n) is 2.19. The summed E-state index contributed by atoms with van der Waals surface area (Å²) in [6.07, 6.45) is 5.98. The van der Waals surface area contributed by atoms with Crippen LogP contribution in [0, 0.1) is 0 Å². The highest BCUT2D eigenvalue weighted by Gasteiger charge is 2.23. The van der Waals surface area contributed by atoms with Crippen LogP contribution in [0.25, 0.3) is 0 Å². The van der Waals surface area contributed by atoms with E-state index in [1.165, 1.54) is 19.3 Å². The van der Waals surface area contributed by atoms with Crippen LogP contribution in [-0.2, 0) is 0 Å². The van der Waals surface area contributed by atoms with Crippen LogP contribution in [0.15, 0.2) is 18.2 Å². The molecule has 5 N–H and O–H groups in total. The van der Waals surface area contributed by atoms with Gasteiger partial charge in [-0.1, -0.05) is 0 Å². The zero-order chi connectivity index (χ0) is 11.5. The first kappa shape index (κ1) is 11.5. The third-order valence-corrected chi connectivity index (χ3v) is 4.27. The van der Waals surface area contributed by atoms with Crippen molar-refractivity contribution >= 4 is 28.8 Å². The Balaban J connectivity index is 1.97. The minimum atomic E-state index is 0.584. The second-order valence-corrected chi connectivity index (χ2v) is 5.49. The largest absolute Gasteiger partial charge is 0.397 e. The monoisotopic (exact) mass is 237 g/mol. The van der Waals surface area contributed by atoms with Crippen molar-refractivity contribution in [3.63, 3.8) is 0 Å². The van der Waals surface area contributed by atoms with E-state index in [0.717, 1.165) is 10.9 Å². The summed E-state index contributed by atoms with van der Waals surface area (Å²) in [5.41, 5.74) is 13.9. The Morgan fingerprint density at radius 1 is 1.25 bits per heavy atom. The van der Waals surface area contributed by atoms with Crippen molar-refractivity contribution in [2.24, 2.45) is 0 Å². The van der Waals surface area contributed by atoms with E-state index in [4.69, 9.17) is 11.5 Å². The van der Waals surface area contributed by atoms with E-state index in [1.807, 2.05) is 30.0 Å². The van der Waals surface area contributed by atoms with Gasteiger partial charge in [-0.15, -0.1) is 0 Å². The lowest BCUT2D eigenvalue weighted by atomic mass is 10.2. The minimum absolute atomic E-state index is 0.584. The van der Waals surface area contributed by atoms with Gasteiger partial charge in [0.05, 0.1) is 11.4 Å². The summed E-state index contributed by atoms with van der Waals surface area (Å²) >= 11 is 1.97. The number of rotatable bonds is 3. The Kier molecular flexibility index (Phi) is 3.49. The molecular weight excluding hydrogens is 218 g/mol. The topological polar surface area (TPSA) is 64.1 Å². The molecule has 0 spiro atoms. The third kappa shape index (κ3) is 2.55. The van der Waals surface area contributed by atoms with Gasteiger partial charge < -0.3 is 16.8 Å². The fraction of sp³-hybridized carbons (Fsp3) is 0.500. The first-order valence-corrected chi connectivity index (χ1v) is 6.92. The number of hydrogen-bond acceptors (Lipinski definition) is 4. The van der Waals surface area contributed by atoms with E-state index in [0.29, 0.717) is 17.4 Å². The van der Waals surface area contributed by atoms with E-state index in [2.05, 4.69) is 11.6 Å². The summed E-state index contributed by atoms with van der Waals surface area (Å²) in [7, 11) is 0. The van der Waals surface area contributed by atoms with Gasteiger partial charge in [-0.3, -0.25) is 0 Å². The molecular formula is C12H19N3S. The number of nitrogen functional groups attached to an aromatic ring is 2. The van der Waals surface area contributed by atoms with Gasteiger partial charge in [-0.2, -0.15) is 11.8 Å². The molecule has 1 aliphatic rings. The molecule has 0 aliphatic heterocycles. The highest BCUT2D eigenvalue weighted by molar-refractivity contribution is 7.99. The zero-order valence-corrected chi connectivity index (χ0v) is 10.4. The number of nitrogens with two attached hydrogens (primary N) is 2. The molecule has 0 amide bonds. The molecule has 1 aromatic carbocycles. The molecule has 0 bridgehead atoms. The first-order valence-electron chi connectivity index (χ1n) is 5.63. The number of hydrogen-bond donors (Lipinski definition) is 3. The molecule has 0 radical (unpaired) electrons. The molecule has 16 heavy (non-hydrogen) atoms. The smallest absolute Gasteiger partial charge is 0.0568 e. The summed E-state index contributed by atoms with van der Waals surface area (Å²) in [5.74, 6) is 0. The van der Waals surface area contributed by atoms with Crippen molar-refractivity contribution in [3.05, 3.63) is 18.2 Å². The molecule has 1 fully saturated rings. The van der Waals surface area contributed by atoms with E-state index < -0.39 is 0 Å². The molecule has 2 unspecified atom stereocenters. The molecule has 1 saturated carbocycles. The molecule has 0 heterocycles. The van der Waals surface area contributed by atoms with Crippen molar-refractivity contribution in [1.29, 1.82) is 0 Å². The summed E-state index contributed by atoms with van der Waals surface area (Å²) in [6.45, 7) is 0. The Morgan fingerprint density at radius 3 is 2.69 bits per heavy atom. The summed E-state index contributed by atoms with van der Waals surface area (Å²) < 4.78 is 0. The lowest BCUT2D eigenvalue weighted by molar-refractivity contribution is 0.757. The van der Waals surface area contributed by atoms with E-state index in [1.54, 1.807) is 0 Å². The van der Waals surface area contributed by atoms with Crippen molar-refractivity contribution in [3.8, 4) is 0 Å². The highest BCUT2D eigenvalue weighted by Crippen LogP contribution is 2.31. The normalized spacial score (nSPS) is 24.6. The van der Waals surface area contributed by atoms with Gasteiger partial charge in [0.15, 0.2) is 0 Å². The molecule has 4 heteroatoms. The second-order valence-electron chi connectivity index (χ2n) is 4.36. The Hall–Kier alpha value is -1.03. The Morgan fingerprint density at radius 2 is 2.06 bits per heavy atom. The van der Waals surface area contributed by atoms with Crippen LogP contribution in [-0.4, -0.2) is 17.5 Å². The van der Waals surface area contributed by atoms with E-state index >= 15 is 0 Å². The second kappa shape index (κ2) is 4.87. The van der Waals surface area contributed by atoms with Crippen molar-refractivity contribution in [2.75, 3.05) is 23.0 Å². The predicted octanol–water partition coefficient (Wildman–Crippen LogP) is 2.55. The quantitative estimate of drug-likeness (QED) is 0.707. The average molecular weight is 237 g/mol. The minimum Gasteiger partial charge on any atom is -0.397 e. The maximum absolute atomic E-state index is 5.78. The van der Waals surface area contributed by atoms with Gasteiger partial charge in [0.1, 0.15) is 0 Å². The van der Waals surface area contributed by atoms with Crippen LogP contribution in [0.3, 0.4) is 0 Å². The van der Waals surface area contributed by atoms with Gasteiger partial charge in [0.2, 0.25) is 0 Å². The third-order valence-electron chi connectivity index (χ3n) is 3.18. The molecule has 0 aromatic heterocycles. The van der Waals surface area contributed by atoms with Crippen molar-refractivity contribution in [2.45, 2.75) is 30.6 Å². The summed E-state index contributed by atoms with van der Waals surface area (Å²) in [4.78, 5) is 0. The van der Waals surface area contributed by atoms with Crippen LogP contribution < -0.4 is 16.8 Å². The lowest BCUT2D eigenvalue weighted by Gasteiger charge is -2.15. The predicted molar refractivity (Wildman–Crippen MR) is 73.8 cm³/mol. The number of thioether (sulfide) groups is 1. The molecule has 2 rings (SSSR count). The van der Waals surface area contributed by atoms with Gasteiger partial charge >= 0.3 is 0 Å². The Bertz CT molecular complexity index is 367. The lowest BCUT2D eigenvalue weighted by Crippen LogP contribution is -2.16. The molecule has 3 nitrogen and oxygen atoms in total. The molecule has 88 valence electrons. The molecule has 0 saturated heterocycles. The zero-order valence-electron chi connectivity index (χ0n) is 9.57. The van der Waals surface area contributed by atoms with Crippen LogP contribution in [0.5, 0.6) is 0 Å². The molecule has 1 aromatic rings. The van der Waals surface area contributed by atoms with Gasteiger partial charge in [-0.05, 0) is 43.7 Å². The number of nitrogens with one attached hydrogen (secondary N) is 1. The SMILES string of the molecule is CSC1CCC(Nc2ccc(N)c(N)c2)C1. The fourth-order valence-corrected chi connectivity index (χ4v) is 2.98. The summed E-state index contributed by atoms with van der Waals surface area (Å²) in [5, 5.41) is 4.33. The maximum Gasteiger partial charge on any atom is 0.0568 e. The number of benzene rings is 1. The maximum atomic E-state index is 5.78. The van der Waals surface area contributed by atoms with Crippen LogP contribution >= 0.6 is 11.8 Å². The Labute approximate surface area is 101 Å². The summed E-state index contributed by atoms with van der Waals surface area (Å²) in [6, 6.07) is 6.36. The van der Waals surface area contributed by atoms with Crippen LogP contribution in [0.4, 0.5) is 17.1 Å². The van der Waals surface area contributed by atoms with E-state index in [-0.39, 0.29) is 0 Å². The van der Waals surface area contributed by atoms with Crippen molar-refractivity contribution < 1.29 is 0 Å². The van der Waals surface area contributed by atoms with Crippen LogP contribution in [0.1, 0.15) is 19.3 Å². The standard InChI is InChI=1S/C12H19N3S/c1-16-10-4-2-8(6-10)15-9-3-5-11(13)12(14)7-9/h3,5,7-8,10,15H,2,4,6,13-14H2,1H3. The van der Waals surface area contributed by atoms with Crippen molar-refractivity contribution in [1.82, 2.24) is 0 Å². The van der Waals surface area contributed by atoms with Gasteiger partial charge in [0, 0.05) is 17.0 Å². The average Bonchev–Trinajstić information content (AvgIpc) is 2.71. The van der Waals surface area contributed by atoms with Gasteiger partial charge in [0.25, 0.3) is 0 Å². The molecule has 1 aliphatic carbocycles. The van der Waals surface area contributed by atoms with Gasteiger partial charge in [-0.25, -0.2) is 0 Å². The molecule has 2 atom stereocenters. The van der Waals surface area contributed by atoms with E-state index in [9.17, 15) is 0 Å². The highest BCUT2D eigenvalue weighted by atomic mass is 32.2. The number of anilines is 3. The first-order chi connectivity index (χ1) is 7.69.